The van der Waals surface area contributed by atoms with Crippen LogP contribution >= 0.6 is 34.8 Å². The maximum Gasteiger partial charge on any atom is 0.174 e. The number of aromatic amines is 1. The SMILES string of the molecule is COc1ccccc1N1C(=S)NC(c2ccccn2)C1c1c(C)[nH]c(C)c1I. The van der Waals surface area contributed by atoms with Gasteiger partial charge in [-0.3, -0.25) is 4.98 Å². The number of aryl methyl sites for hydroxylation is 2. The number of thiocarbonyl (C=S) groups is 1. The zero-order chi connectivity index (χ0) is 19.8. The smallest absolute Gasteiger partial charge is 0.174 e. The first-order valence-electron chi connectivity index (χ1n) is 9.01. The molecule has 0 spiro atoms. The molecule has 28 heavy (non-hydrogen) atoms. The van der Waals surface area contributed by atoms with E-state index in [1.54, 1.807) is 7.11 Å². The molecule has 1 aliphatic heterocycles. The van der Waals surface area contributed by atoms with E-state index in [2.05, 4.69) is 56.6 Å². The Labute approximate surface area is 183 Å². The summed E-state index contributed by atoms with van der Waals surface area (Å²) in [4.78, 5) is 10.3. The van der Waals surface area contributed by atoms with Gasteiger partial charge >= 0.3 is 0 Å². The lowest BCUT2D eigenvalue weighted by Crippen LogP contribution is -2.30. The Hall–Kier alpha value is -2.13. The number of ether oxygens (including phenoxy) is 1. The number of hydrogen-bond donors (Lipinski definition) is 2. The summed E-state index contributed by atoms with van der Waals surface area (Å²) < 4.78 is 6.86. The second-order valence-electron chi connectivity index (χ2n) is 6.77. The average molecular weight is 504 g/mol. The van der Waals surface area contributed by atoms with Gasteiger partial charge in [0.25, 0.3) is 0 Å². The van der Waals surface area contributed by atoms with Gasteiger partial charge < -0.3 is 19.9 Å². The maximum absolute atomic E-state index is 5.80. The predicted octanol–water partition coefficient (Wildman–Crippen LogP) is 4.82. The predicted molar refractivity (Wildman–Crippen MR) is 124 cm³/mol. The van der Waals surface area contributed by atoms with Crippen molar-refractivity contribution in [2.24, 2.45) is 0 Å². The fraction of sp³-hybridized carbons (Fsp3) is 0.238. The van der Waals surface area contributed by atoms with Gasteiger partial charge in [-0.2, -0.15) is 0 Å². The normalized spacial score (nSPS) is 19.0. The van der Waals surface area contributed by atoms with E-state index in [1.807, 2.05) is 48.7 Å². The number of nitrogens with one attached hydrogen (secondary N) is 2. The lowest BCUT2D eigenvalue weighted by molar-refractivity contribution is 0.414. The lowest BCUT2D eigenvalue weighted by Gasteiger charge is -2.29. The van der Waals surface area contributed by atoms with E-state index >= 15 is 0 Å². The summed E-state index contributed by atoms with van der Waals surface area (Å²) in [5.41, 5.74) is 5.43. The minimum Gasteiger partial charge on any atom is -0.495 e. The highest BCUT2D eigenvalue weighted by molar-refractivity contribution is 14.1. The minimum absolute atomic E-state index is 0.0458. The number of benzene rings is 1. The van der Waals surface area contributed by atoms with E-state index in [1.165, 1.54) is 9.13 Å². The molecule has 5 nitrogen and oxygen atoms in total. The Morgan fingerprint density at radius 2 is 1.86 bits per heavy atom. The van der Waals surface area contributed by atoms with Crippen molar-refractivity contribution in [3.63, 3.8) is 0 Å². The van der Waals surface area contributed by atoms with Gasteiger partial charge in [-0.15, -0.1) is 0 Å². The van der Waals surface area contributed by atoms with Gasteiger partial charge in [-0.25, -0.2) is 0 Å². The zero-order valence-electron chi connectivity index (χ0n) is 15.9. The molecule has 1 aromatic carbocycles. The van der Waals surface area contributed by atoms with Crippen molar-refractivity contribution in [2.75, 3.05) is 12.0 Å². The van der Waals surface area contributed by atoms with Gasteiger partial charge in [0.1, 0.15) is 5.75 Å². The van der Waals surface area contributed by atoms with Gasteiger partial charge in [-0.05, 0) is 72.9 Å². The van der Waals surface area contributed by atoms with Gasteiger partial charge in [0.15, 0.2) is 5.11 Å². The summed E-state index contributed by atoms with van der Waals surface area (Å²) >= 11 is 8.21. The number of methoxy groups -OCH3 is 1. The highest BCUT2D eigenvalue weighted by Crippen LogP contribution is 2.46. The highest BCUT2D eigenvalue weighted by Gasteiger charge is 2.43. The minimum atomic E-state index is -0.0685. The van der Waals surface area contributed by atoms with Crippen LogP contribution in [0.1, 0.15) is 34.7 Å². The number of para-hydroxylation sites is 2. The Morgan fingerprint density at radius 1 is 1.11 bits per heavy atom. The van der Waals surface area contributed by atoms with Crippen molar-refractivity contribution in [1.82, 2.24) is 15.3 Å². The average Bonchev–Trinajstić information content (AvgIpc) is 3.17. The molecule has 7 heteroatoms. The van der Waals surface area contributed by atoms with E-state index in [4.69, 9.17) is 17.0 Å². The van der Waals surface area contributed by atoms with Crippen LogP contribution in [0.3, 0.4) is 0 Å². The molecule has 0 aliphatic carbocycles. The number of pyridine rings is 1. The van der Waals surface area contributed by atoms with Crippen LogP contribution in [0.2, 0.25) is 0 Å². The Balaban J connectivity index is 1.93. The van der Waals surface area contributed by atoms with E-state index in [9.17, 15) is 0 Å². The van der Waals surface area contributed by atoms with Crippen molar-refractivity contribution in [2.45, 2.75) is 25.9 Å². The molecule has 2 unspecified atom stereocenters. The van der Waals surface area contributed by atoms with Gasteiger partial charge in [-0.1, -0.05) is 18.2 Å². The molecule has 3 aromatic rings. The van der Waals surface area contributed by atoms with Crippen LogP contribution in [-0.2, 0) is 0 Å². The highest BCUT2D eigenvalue weighted by atomic mass is 127. The van der Waals surface area contributed by atoms with Crippen molar-refractivity contribution >= 4 is 45.6 Å². The van der Waals surface area contributed by atoms with Crippen molar-refractivity contribution < 1.29 is 4.74 Å². The Kier molecular flexibility index (Phi) is 5.29. The van der Waals surface area contributed by atoms with Crippen LogP contribution in [-0.4, -0.2) is 22.2 Å². The van der Waals surface area contributed by atoms with Crippen LogP contribution in [0.15, 0.2) is 48.7 Å². The number of H-pyrrole nitrogens is 1. The zero-order valence-corrected chi connectivity index (χ0v) is 18.8. The number of aromatic nitrogens is 2. The fourth-order valence-corrected chi connectivity index (χ4v) is 5.06. The van der Waals surface area contributed by atoms with Crippen LogP contribution in [0.5, 0.6) is 5.75 Å². The molecular weight excluding hydrogens is 483 g/mol. The third kappa shape index (κ3) is 3.16. The topological polar surface area (TPSA) is 53.2 Å². The van der Waals surface area contributed by atoms with E-state index < -0.39 is 0 Å². The van der Waals surface area contributed by atoms with E-state index in [0.29, 0.717) is 5.11 Å². The molecule has 1 fully saturated rings. The number of rotatable bonds is 4. The summed E-state index contributed by atoms with van der Waals surface area (Å²) in [6.45, 7) is 4.21. The standard InChI is InChI=1S/C21H21IN4OS/c1-12-17(18(22)13(2)24-12)20-19(14-8-6-7-11-23-14)25-21(28)26(20)15-9-4-5-10-16(15)27-3/h4-11,19-20,24H,1-3H3,(H,25,28). The molecule has 2 N–H and O–H groups in total. The first-order valence-corrected chi connectivity index (χ1v) is 10.5. The number of halogens is 1. The molecule has 3 heterocycles. The van der Waals surface area contributed by atoms with E-state index in [0.717, 1.165) is 28.5 Å². The molecule has 2 atom stereocenters. The van der Waals surface area contributed by atoms with Gasteiger partial charge in [0.2, 0.25) is 0 Å². The van der Waals surface area contributed by atoms with Crippen LogP contribution in [0, 0.1) is 17.4 Å². The molecule has 0 bridgehead atoms. The molecule has 4 rings (SSSR count). The summed E-state index contributed by atoms with van der Waals surface area (Å²) in [7, 11) is 1.69. The summed E-state index contributed by atoms with van der Waals surface area (Å²) in [5, 5.41) is 4.17. The fourth-order valence-electron chi connectivity index (χ4n) is 3.86. The number of hydrogen-bond acceptors (Lipinski definition) is 3. The lowest BCUT2D eigenvalue weighted by atomic mass is 9.96. The number of anilines is 1. The first-order chi connectivity index (χ1) is 13.5. The Bertz CT molecular complexity index is 1020. The molecule has 144 valence electrons. The molecule has 1 saturated heterocycles. The third-order valence-corrected chi connectivity index (χ3v) is 6.79. The second-order valence-corrected chi connectivity index (χ2v) is 8.24. The van der Waals surface area contributed by atoms with Crippen LogP contribution in [0.4, 0.5) is 5.69 Å². The van der Waals surface area contributed by atoms with E-state index in [-0.39, 0.29) is 12.1 Å². The maximum atomic E-state index is 5.80. The summed E-state index contributed by atoms with van der Waals surface area (Å²) in [6, 6.07) is 13.8. The Morgan fingerprint density at radius 3 is 2.50 bits per heavy atom. The molecule has 0 saturated carbocycles. The quantitative estimate of drug-likeness (QED) is 0.395. The number of nitrogens with zero attached hydrogens (tertiary/aromatic N) is 2. The summed E-state index contributed by atoms with van der Waals surface area (Å²) in [6.07, 6.45) is 1.82. The molecule has 2 aromatic heterocycles. The third-order valence-electron chi connectivity index (χ3n) is 5.08. The molecular formula is C21H21IN4OS. The largest absolute Gasteiger partial charge is 0.495 e. The van der Waals surface area contributed by atoms with Gasteiger partial charge in [0, 0.05) is 26.7 Å². The molecule has 0 radical (unpaired) electrons. The second kappa shape index (κ2) is 7.71. The van der Waals surface area contributed by atoms with Crippen LogP contribution in [0.25, 0.3) is 0 Å². The summed E-state index contributed by atoms with van der Waals surface area (Å²) in [5.74, 6) is 0.790. The molecule has 0 amide bonds. The van der Waals surface area contributed by atoms with Crippen molar-refractivity contribution in [1.29, 1.82) is 0 Å². The first kappa shape index (κ1) is 19.2. The van der Waals surface area contributed by atoms with Gasteiger partial charge in [0.05, 0.1) is 30.6 Å². The molecule has 1 aliphatic rings. The van der Waals surface area contributed by atoms with Crippen molar-refractivity contribution in [3.8, 4) is 5.75 Å². The van der Waals surface area contributed by atoms with Crippen LogP contribution < -0.4 is 15.0 Å². The monoisotopic (exact) mass is 504 g/mol. The van der Waals surface area contributed by atoms with Crippen molar-refractivity contribution in [3.05, 3.63) is 74.9 Å².